The standard InChI is InChI=1S/C10H13NO3/c11-7-3-4-14-8-2-1-6(5-12)10(13)9(7)8/h1-2,7,12-13H,3-5,11H2/t7-/m0/s1. The third-order valence-electron chi connectivity index (χ3n) is 2.49. The Morgan fingerprint density at radius 2 is 2.29 bits per heavy atom. The lowest BCUT2D eigenvalue weighted by Crippen LogP contribution is -2.21. The first kappa shape index (κ1) is 9.30. The van der Waals surface area contributed by atoms with Crippen LogP contribution in [0.25, 0.3) is 0 Å². The highest BCUT2D eigenvalue weighted by Gasteiger charge is 2.23. The molecule has 4 N–H and O–H groups in total. The SMILES string of the molecule is N[C@H]1CCOc2ccc(CO)c(O)c21. The van der Waals surface area contributed by atoms with Crippen LogP contribution in [0.4, 0.5) is 0 Å². The van der Waals surface area contributed by atoms with Gasteiger partial charge in [-0.25, -0.2) is 0 Å². The maximum Gasteiger partial charge on any atom is 0.129 e. The zero-order chi connectivity index (χ0) is 10.1. The van der Waals surface area contributed by atoms with E-state index in [-0.39, 0.29) is 18.4 Å². The van der Waals surface area contributed by atoms with E-state index in [4.69, 9.17) is 15.6 Å². The minimum Gasteiger partial charge on any atom is -0.507 e. The van der Waals surface area contributed by atoms with Crippen molar-refractivity contribution in [2.75, 3.05) is 6.61 Å². The van der Waals surface area contributed by atoms with Gasteiger partial charge >= 0.3 is 0 Å². The largest absolute Gasteiger partial charge is 0.507 e. The minimum absolute atomic E-state index is 0.0669. The van der Waals surface area contributed by atoms with Gasteiger partial charge in [0.1, 0.15) is 11.5 Å². The summed E-state index contributed by atoms with van der Waals surface area (Å²) in [6.07, 6.45) is 0.690. The Hall–Kier alpha value is -1.26. The quantitative estimate of drug-likeness (QED) is 0.615. The van der Waals surface area contributed by atoms with Gasteiger partial charge < -0.3 is 20.7 Å². The van der Waals surface area contributed by atoms with Crippen LogP contribution in [0.2, 0.25) is 0 Å². The number of nitrogens with two attached hydrogens (primary N) is 1. The van der Waals surface area contributed by atoms with Gasteiger partial charge in [0.25, 0.3) is 0 Å². The number of rotatable bonds is 1. The van der Waals surface area contributed by atoms with Gasteiger partial charge in [0.15, 0.2) is 0 Å². The van der Waals surface area contributed by atoms with Crippen molar-refractivity contribution in [3.8, 4) is 11.5 Å². The lowest BCUT2D eigenvalue weighted by atomic mass is 9.98. The summed E-state index contributed by atoms with van der Waals surface area (Å²) in [5, 5.41) is 18.7. The zero-order valence-electron chi connectivity index (χ0n) is 7.73. The van der Waals surface area contributed by atoms with Crippen molar-refractivity contribution in [1.82, 2.24) is 0 Å². The molecule has 1 atom stereocenters. The van der Waals surface area contributed by atoms with Gasteiger partial charge in [0.2, 0.25) is 0 Å². The summed E-state index contributed by atoms with van der Waals surface area (Å²) in [7, 11) is 0. The molecule has 0 amide bonds. The Bertz CT molecular complexity index is 351. The van der Waals surface area contributed by atoms with Crippen LogP contribution in [-0.2, 0) is 6.61 Å². The summed E-state index contributed by atoms with van der Waals surface area (Å²) in [6, 6.07) is 3.18. The van der Waals surface area contributed by atoms with Crippen LogP contribution >= 0.6 is 0 Å². The third kappa shape index (κ3) is 1.32. The molecule has 0 fully saturated rings. The highest BCUT2D eigenvalue weighted by molar-refractivity contribution is 5.51. The van der Waals surface area contributed by atoms with E-state index >= 15 is 0 Å². The molecule has 0 saturated heterocycles. The van der Waals surface area contributed by atoms with Gasteiger partial charge in [-0.05, 0) is 12.1 Å². The van der Waals surface area contributed by atoms with Crippen molar-refractivity contribution in [2.24, 2.45) is 5.73 Å². The number of hydrogen-bond donors (Lipinski definition) is 3. The predicted molar refractivity (Wildman–Crippen MR) is 51.1 cm³/mol. The number of ether oxygens (including phenoxy) is 1. The molecule has 76 valence electrons. The Kier molecular flexibility index (Phi) is 2.31. The lowest BCUT2D eigenvalue weighted by Gasteiger charge is -2.24. The van der Waals surface area contributed by atoms with Gasteiger partial charge in [-0.15, -0.1) is 0 Å². The first-order valence-electron chi connectivity index (χ1n) is 4.58. The van der Waals surface area contributed by atoms with Crippen LogP contribution in [0, 0.1) is 0 Å². The molecule has 4 heteroatoms. The summed E-state index contributed by atoms with van der Waals surface area (Å²) < 4.78 is 5.35. The van der Waals surface area contributed by atoms with E-state index in [1.165, 1.54) is 0 Å². The Labute approximate surface area is 81.9 Å². The Balaban J connectivity index is 2.54. The highest BCUT2D eigenvalue weighted by atomic mass is 16.5. The number of aromatic hydroxyl groups is 1. The molecule has 2 rings (SSSR count). The van der Waals surface area contributed by atoms with Crippen LogP contribution in [0.15, 0.2) is 12.1 Å². The molecule has 0 aliphatic carbocycles. The van der Waals surface area contributed by atoms with E-state index in [1.54, 1.807) is 12.1 Å². The van der Waals surface area contributed by atoms with Gasteiger partial charge in [-0.2, -0.15) is 0 Å². The fourth-order valence-corrected chi connectivity index (χ4v) is 1.69. The van der Waals surface area contributed by atoms with E-state index in [9.17, 15) is 5.11 Å². The van der Waals surface area contributed by atoms with Crippen LogP contribution in [0.5, 0.6) is 11.5 Å². The molecule has 1 aromatic rings. The molecule has 1 aliphatic heterocycles. The summed E-state index contributed by atoms with van der Waals surface area (Å²) in [6.45, 7) is 0.387. The van der Waals surface area contributed by atoms with E-state index in [2.05, 4.69) is 0 Å². The maximum absolute atomic E-state index is 9.79. The molecule has 0 radical (unpaired) electrons. The molecule has 1 heterocycles. The summed E-state index contributed by atoms with van der Waals surface area (Å²) in [5.41, 5.74) is 6.95. The first-order chi connectivity index (χ1) is 6.74. The summed E-state index contributed by atoms with van der Waals surface area (Å²) in [5.74, 6) is 0.690. The van der Waals surface area contributed by atoms with Crippen LogP contribution in [0.1, 0.15) is 23.6 Å². The van der Waals surface area contributed by atoms with Gasteiger partial charge in [0.05, 0.1) is 18.8 Å². The van der Waals surface area contributed by atoms with Gasteiger partial charge in [-0.3, -0.25) is 0 Å². The second kappa shape index (κ2) is 3.48. The fourth-order valence-electron chi connectivity index (χ4n) is 1.69. The molecule has 1 aliphatic rings. The molecule has 0 unspecified atom stereocenters. The average molecular weight is 195 g/mol. The zero-order valence-corrected chi connectivity index (χ0v) is 7.73. The number of phenols is 1. The van der Waals surface area contributed by atoms with Crippen molar-refractivity contribution in [3.63, 3.8) is 0 Å². The number of hydrogen-bond acceptors (Lipinski definition) is 4. The van der Waals surface area contributed by atoms with Crippen molar-refractivity contribution >= 4 is 0 Å². The van der Waals surface area contributed by atoms with Crippen molar-refractivity contribution < 1.29 is 14.9 Å². The van der Waals surface area contributed by atoms with E-state index < -0.39 is 0 Å². The average Bonchev–Trinajstić information content (AvgIpc) is 2.18. The second-order valence-electron chi connectivity index (χ2n) is 3.39. The molecule has 14 heavy (non-hydrogen) atoms. The van der Waals surface area contributed by atoms with Crippen molar-refractivity contribution in [3.05, 3.63) is 23.3 Å². The lowest BCUT2D eigenvalue weighted by molar-refractivity contribution is 0.255. The highest BCUT2D eigenvalue weighted by Crippen LogP contribution is 2.39. The second-order valence-corrected chi connectivity index (χ2v) is 3.39. The van der Waals surface area contributed by atoms with Crippen LogP contribution in [-0.4, -0.2) is 16.8 Å². The molecule has 0 bridgehead atoms. The third-order valence-corrected chi connectivity index (χ3v) is 2.49. The molecule has 1 aromatic carbocycles. The van der Waals surface area contributed by atoms with E-state index in [1.807, 2.05) is 0 Å². The number of fused-ring (bicyclic) bond motifs is 1. The van der Waals surface area contributed by atoms with E-state index in [0.717, 1.165) is 0 Å². The molecule has 0 spiro atoms. The smallest absolute Gasteiger partial charge is 0.129 e. The predicted octanol–water partition coefficient (Wildman–Crippen LogP) is 0.667. The number of aliphatic hydroxyl groups excluding tert-OH is 1. The van der Waals surface area contributed by atoms with Crippen molar-refractivity contribution in [2.45, 2.75) is 19.1 Å². The summed E-state index contributed by atoms with van der Waals surface area (Å²) >= 11 is 0. The van der Waals surface area contributed by atoms with Gasteiger partial charge in [-0.1, -0.05) is 0 Å². The molecule has 4 nitrogen and oxygen atoms in total. The molecular weight excluding hydrogens is 182 g/mol. The number of aliphatic hydroxyl groups is 1. The Morgan fingerprint density at radius 3 is 3.00 bits per heavy atom. The first-order valence-corrected chi connectivity index (χ1v) is 4.58. The summed E-state index contributed by atoms with van der Waals surface area (Å²) in [4.78, 5) is 0. The molecule has 0 saturated carbocycles. The van der Waals surface area contributed by atoms with Crippen molar-refractivity contribution in [1.29, 1.82) is 0 Å². The molecular formula is C10H13NO3. The van der Waals surface area contributed by atoms with Gasteiger partial charge in [0, 0.05) is 18.0 Å². The monoisotopic (exact) mass is 195 g/mol. The number of benzene rings is 1. The fraction of sp³-hybridized carbons (Fsp3) is 0.400. The Morgan fingerprint density at radius 1 is 1.50 bits per heavy atom. The normalized spacial score (nSPS) is 20.0. The molecule has 0 aromatic heterocycles. The van der Waals surface area contributed by atoms with Crippen LogP contribution < -0.4 is 10.5 Å². The maximum atomic E-state index is 9.79. The topological polar surface area (TPSA) is 75.7 Å². The minimum atomic E-state index is -0.203. The van der Waals surface area contributed by atoms with E-state index in [0.29, 0.717) is 29.9 Å². The van der Waals surface area contributed by atoms with Crippen LogP contribution in [0.3, 0.4) is 0 Å².